The van der Waals surface area contributed by atoms with E-state index in [4.69, 9.17) is 0 Å². The van der Waals surface area contributed by atoms with Crippen LogP contribution in [0.4, 0.5) is 5.69 Å². The first-order chi connectivity index (χ1) is 8.74. The van der Waals surface area contributed by atoms with Crippen molar-refractivity contribution in [3.05, 3.63) is 36.2 Å². The van der Waals surface area contributed by atoms with Gasteiger partial charge in [0.2, 0.25) is 0 Å². The van der Waals surface area contributed by atoms with Crippen LogP contribution < -0.4 is 4.90 Å². The largest absolute Gasteiger partial charge is 0.387 e. The number of nitrogens with zero attached hydrogens (tertiary/aromatic N) is 5. The molecule has 6 heteroatoms. The second-order valence-corrected chi connectivity index (χ2v) is 4.48. The van der Waals surface area contributed by atoms with Gasteiger partial charge >= 0.3 is 0 Å². The number of aliphatic hydroxyl groups excluding tert-OH is 1. The van der Waals surface area contributed by atoms with E-state index in [0.717, 1.165) is 31.1 Å². The average Bonchev–Trinajstić information content (AvgIpc) is 2.86. The molecule has 18 heavy (non-hydrogen) atoms. The van der Waals surface area contributed by atoms with Gasteiger partial charge in [0.05, 0.1) is 30.2 Å². The van der Waals surface area contributed by atoms with Crippen molar-refractivity contribution in [3.63, 3.8) is 0 Å². The zero-order valence-corrected chi connectivity index (χ0v) is 10.2. The predicted octanol–water partition coefficient (Wildman–Crippen LogP) is 0.747. The Balaban J connectivity index is 1.80. The Morgan fingerprint density at radius 1 is 1.33 bits per heavy atom. The van der Waals surface area contributed by atoms with Gasteiger partial charge in [-0.05, 0) is 19.1 Å². The Hall–Kier alpha value is -1.95. The molecule has 0 saturated heterocycles. The number of fused-ring (bicyclic) bond motifs is 1. The van der Waals surface area contributed by atoms with Crippen molar-refractivity contribution in [1.82, 2.24) is 19.7 Å². The van der Waals surface area contributed by atoms with E-state index in [1.807, 2.05) is 12.1 Å². The standard InChI is InChI=1S/C12H15N5O/c1-9(18)11-3-2-10(6-13-11)16-4-5-17-8-14-15-12(17)7-16/h2-3,6,8-9,18H,4-5,7H2,1H3/t9-/m1/s1. The minimum atomic E-state index is -0.525. The zero-order valence-electron chi connectivity index (χ0n) is 10.2. The Labute approximate surface area is 105 Å². The van der Waals surface area contributed by atoms with Gasteiger partial charge in [0.1, 0.15) is 6.33 Å². The van der Waals surface area contributed by atoms with Crippen LogP contribution in [-0.4, -0.2) is 31.4 Å². The fourth-order valence-corrected chi connectivity index (χ4v) is 2.12. The third kappa shape index (κ3) is 1.95. The van der Waals surface area contributed by atoms with Gasteiger partial charge in [0.15, 0.2) is 5.82 Å². The summed E-state index contributed by atoms with van der Waals surface area (Å²) in [6, 6.07) is 3.85. The van der Waals surface area contributed by atoms with Crippen molar-refractivity contribution in [2.45, 2.75) is 26.1 Å². The highest BCUT2D eigenvalue weighted by molar-refractivity contribution is 5.45. The van der Waals surface area contributed by atoms with E-state index in [2.05, 4.69) is 24.6 Å². The van der Waals surface area contributed by atoms with Crippen LogP contribution in [-0.2, 0) is 13.1 Å². The fourth-order valence-electron chi connectivity index (χ4n) is 2.12. The average molecular weight is 245 g/mol. The topological polar surface area (TPSA) is 67.1 Å². The van der Waals surface area contributed by atoms with E-state index >= 15 is 0 Å². The number of hydrogen-bond acceptors (Lipinski definition) is 5. The molecule has 1 aliphatic rings. The molecule has 1 N–H and O–H groups in total. The van der Waals surface area contributed by atoms with Crippen LogP contribution in [0, 0.1) is 0 Å². The maximum Gasteiger partial charge on any atom is 0.152 e. The van der Waals surface area contributed by atoms with Crippen LogP contribution in [0.15, 0.2) is 24.7 Å². The third-order valence-corrected chi connectivity index (χ3v) is 3.20. The number of aromatic nitrogens is 4. The lowest BCUT2D eigenvalue weighted by molar-refractivity contribution is 0.194. The van der Waals surface area contributed by atoms with E-state index in [9.17, 15) is 5.11 Å². The summed E-state index contributed by atoms with van der Waals surface area (Å²) in [6.07, 6.45) is 3.04. The monoisotopic (exact) mass is 245 g/mol. The van der Waals surface area contributed by atoms with Crippen LogP contribution in [0.5, 0.6) is 0 Å². The van der Waals surface area contributed by atoms with Gasteiger partial charge in [0, 0.05) is 13.1 Å². The molecule has 1 aliphatic heterocycles. The first kappa shape index (κ1) is 11.2. The molecule has 0 aliphatic carbocycles. The molecule has 6 nitrogen and oxygen atoms in total. The lowest BCUT2D eigenvalue weighted by Crippen LogP contribution is -2.33. The summed E-state index contributed by atoms with van der Waals surface area (Å²) in [6.45, 7) is 4.27. The molecular formula is C12H15N5O. The first-order valence-electron chi connectivity index (χ1n) is 5.99. The molecule has 0 unspecified atom stereocenters. The first-order valence-corrected chi connectivity index (χ1v) is 5.99. The highest BCUT2D eigenvalue weighted by Crippen LogP contribution is 2.20. The summed E-state index contributed by atoms with van der Waals surface area (Å²) < 4.78 is 2.06. The molecule has 0 amide bonds. The van der Waals surface area contributed by atoms with Gasteiger partial charge < -0.3 is 14.6 Å². The van der Waals surface area contributed by atoms with E-state index in [-0.39, 0.29) is 0 Å². The highest BCUT2D eigenvalue weighted by Gasteiger charge is 2.18. The van der Waals surface area contributed by atoms with Crippen LogP contribution >= 0.6 is 0 Å². The molecular weight excluding hydrogens is 230 g/mol. The quantitative estimate of drug-likeness (QED) is 0.845. The van der Waals surface area contributed by atoms with Crippen LogP contribution in [0.3, 0.4) is 0 Å². The predicted molar refractivity (Wildman–Crippen MR) is 65.9 cm³/mol. The molecule has 0 spiro atoms. The highest BCUT2D eigenvalue weighted by atomic mass is 16.3. The van der Waals surface area contributed by atoms with Crippen molar-refractivity contribution >= 4 is 5.69 Å². The Kier molecular flexibility index (Phi) is 2.71. The molecule has 2 aromatic rings. The second kappa shape index (κ2) is 4.38. The fraction of sp³-hybridized carbons (Fsp3) is 0.417. The Bertz CT molecular complexity index is 534. The molecule has 1 atom stereocenters. The summed E-state index contributed by atoms with van der Waals surface area (Å²) in [4.78, 5) is 6.47. The molecule has 94 valence electrons. The van der Waals surface area contributed by atoms with Gasteiger partial charge in [0.25, 0.3) is 0 Å². The Morgan fingerprint density at radius 2 is 2.22 bits per heavy atom. The molecule has 3 heterocycles. The van der Waals surface area contributed by atoms with Crippen LogP contribution in [0.25, 0.3) is 0 Å². The van der Waals surface area contributed by atoms with E-state index in [1.165, 1.54) is 0 Å². The Morgan fingerprint density at radius 3 is 2.94 bits per heavy atom. The molecule has 0 radical (unpaired) electrons. The van der Waals surface area contributed by atoms with Crippen molar-refractivity contribution in [1.29, 1.82) is 0 Å². The van der Waals surface area contributed by atoms with Gasteiger partial charge in [-0.1, -0.05) is 0 Å². The van der Waals surface area contributed by atoms with E-state index in [0.29, 0.717) is 5.69 Å². The smallest absolute Gasteiger partial charge is 0.152 e. The van der Waals surface area contributed by atoms with Crippen molar-refractivity contribution in [2.24, 2.45) is 0 Å². The summed E-state index contributed by atoms with van der Waals surface area (Å²) in [7, 11) is 0. The summed E-state index contributed by atoms with van der Waals surface area (Å²) in [5.74, 6) is 0.973. The summed E-state index contributed by atoms with van der Waals surface area (Å²) in [5, 5.41) is 17.4. The van der Waals surface area contributed by atoms with Gasteiger partial charge in [-0.3, -0.25) is 4.98 Å². The molecule has 0 saturated carbocycles. The lowest BCUT2D eigenvalue weighted by Gasteiger charge is -2.28. The molecule has 0 bridgehead atoms. The number of aliphatic hydroxyl groups is 1. The number of rotatable bonds is 2. The minimum Gasteiger partial charge on any atom is -0.387 e. The van der Waals surface area contributed by atoms with Crippen LogP contribution in [0.2, 0.25) is 0 Å². The van der Waals surface area contributed by atoms with E-state index < -0.39 is 6.10 Å². The molecule has 2 aromatic heterocycles. The summed E-state index contributed by atoms with van der Waals surface area (Å²) >= 11 is 0. The maximum atomic E-state index is 9.43. The van der Waals surface area contributed by atoms with Gasteiger partial charge in [-0.15, -0.1) is 10.2 Å². The number of pyridine rings is 1. The van der Waals surface area contributed by atoms with Crippen LogP contribution in [0.1, 0.15) is 24.5 Å². The van der Waals surface area contributed by atoms with Gasteiger partial charge in [-0.2, -0.15) is 0 Å². The maximum absolute atomic E-state index is 9.43. The van der Waals surface area contributed by atoms with Crippen molar-refractivity contribution in [2.75, 3.05) is 11.4 Å². The van der Waals surface area contributed by atoms with Gasteiger partial charge in [-0.25, -0.2) is 0 Å². The van der Waals surface area contributed by atoms with Crippen molar-refractivity contribution < 1.29 is 5.11 Å². The zero-order chi connectivity index (χ0) is 12.5. The minimum absolute atomic E-state index is 0.525. The number of hydrogen-bond donors (Lipinski definition) is 1. The molecule has 3 rings (SSSR count). The van der Waals surface area contributed by atoms with E-state index in [1.54, 1.807) is 19.4 Å². The SMILES string of the molecule is C[C@@H](O)c1ccc(N2CCn3cnnc3C2)cn1. The number of anilines is 1. The van der Waals surface area contributed by atoms with Crippen molar-refractivity contribution in [3.8, 4) is 0 Å². The second-order valence-electron chi connectivity index (χ2n) is 4.48. The normalized spacial score (nSPS) is 16.4. The third-order valence-electron chi connectivity index (χ3n) is 3.20. The molecule has 0 fully saturated rings. The lowest BCUT2D eigenvalue weighted by atomic mass is 10.2. The summed E-state index contributed by atoms with van der Waals surface area (Å²) in [5.41, 5.74) is 1.74. The molecule has 0 aromatic carbocycles.